The van der Waals surface area contributed by atoms with E-state index in [4.69, 9.17) is 23.2 Å². The molecule has 0 bridgehead atoms. The maximum atomic E-state index is 6.38. The monoisotopic (exact) mass is 918 g/mol. The fourth-order valence-electron chi connectivity index (χ4n) is 8.50. The van der Waals surface area contributed by atoms with E-state index in [0.717, 1.165) is 20.8 Å². The van der Waals surface area contributed by atoms with Crippen molar-refractivity contribution in [3.8, 4) is 22.3 Å². The van der Waals surface area contributed by atoms with Crippen molar-refractivity contribution in [2.24, 2.45) is 0 Å². The molecule has 10 rings (SSSR count). The Bertz CT molecular complexity index is 2940. The Kier molecular flexibility index (Phi) is 12.8. The molecule has 0 nitrogen and oxygen atoms in total. The van der Waals surface area contributed by atoms with Crippen LogP contribution < -0.4 is 0 Å². The zero-order valence-electron chi connectivity index (χ0n) is 36.2. The molecular weight excluding hydrogens is 871 g/mol. The van der Waals surface area contributed by atoms with E-state index in [1.54, 1.807) is 0 Å². The minimum atomic E-state index is 0.0554. The van der Waals surface area contributed by atoms with Gasteiger partial charge in [-0.15, -0.1) is 39.7 Å². The Morgan fingerprint density at radius 2 is 0.806 bits per heavy atom. The molecule has 0 aliphatic carbocycles. The Labute approximate surface area is 391 Å². The molecule has 0 aliphatic heterocycles. The van der Waals surface area contributed by atoms with Crippen LogP contribution >= 0.6 is 23.2 Å². The van der Waals surface area contributed by atoms with Gasteiger partial charge in [-0.05, 0) is 44.2 Å². The molecule has 0 heterocycles. The van der Waals surface area contributed by atoms with Crippen LogP contribution in [0.3, 0.4) is 0 Å². The molecule has 0 saturated heterocycles. The van der Waals surface area contributed by atoms with E-state index in [1.807, 2.05) is 54.6 Å². The molecule has 0 radical (unpaired) electrons. The van der Waals surface area contributed by atoms with Gasteiger partial charge in [-0.25, -0.2) is 12.1 Å². The SMILES string of the molecule is CC(C)(C)c1cc2c(cc1-c1ccccc1)[cH-]c1cc(-c3ccccc3)c(C(C)(C)C)cc12.Clc1cccc2c([C](=[Zr+2])c3cccc4c(Cl)cccc34)cccc12.c1cc[cH-]c1. The van der Waals surface area contributed by atoms with Crippen LogP contribution in [0.15, 0.2) is 194 Å². The molecule has 0 atom stereocenters. The summed E-state index contributed by atoms with van der Waals surface area (Å²) in [6.45, 7) is 13.9. The number of fused-ring (bicyclic) bond motifs is 5. The molecule has 10 aromatic carbocycles. The van der Waals surface area contributed by atoms with E-state index in [1.165, 1.54) is 104 Å². The summed E-state index contributed by atoms with van der Waals surface area (Å²) < 4.78 is 1.31. The van der Waals surface area contributed by atoms with Crippen LogP contribution in [0, 0.1) is 0 Å². The fraction of sp³-hybridized carbons (Fsp3) is 0.136. The average Bonchev–Trinajstić information content (AvgIpc) is 3.98. The van der Waals surface area contributed by atoms with Gasteiger partial charge in [-0.2, -0.15) is 18.2 Å². The second kappa shape index (κ2) is 18.3. The van der Waals surface area contributed by atoms with Crippen LogP contribution in [0.2, 0.25) is 10.0 Å². The van der Waals surface area contributed by atoms with Gasteiger partial charge in [0.05, 0.1) is 0 Å². The summed E-state index contributed by atoms with van der Waals surface area (Å²) >= 11 is 14.1. The van der Waals surface area contributed by atoms with E-state index in [2.05, 4.69) is 181 Å². The molecule has 0 unspecified atom stereocenters. The molecule has 62 heavy (non-hydrogen) atoms. The second-order valence-electron chi connectivity index (χ2n) is 18.0. The van der Waals surface area contributed by atoms with Crippen molar-refractivity contribution in [3.05, 3.63) is 226 Å². The van der Waals surface area contributed by atoms with Crippen molar-refractivity contribution in [1.29, 1.82) is 0 Å². The molecule has 3 heteroatoms. The first kappa shape index (κ1) is 43.5. The molecule has 0 amide bonds. The minimum Gasteiger partial charge on any atom is -0.214 e. The number of halogens is 2. The van der Waals surface area contributed by atoms with E-state index in [-0.39, 0.29) is 10.8 Å². The van der Waals surface area contributed by atoms with Crippen molar-refractivity contribution in [2.45, 2.75) is 52.4 Å². The van der Waals surface area contributed by atoms with Crippen molar-refractivity contribution in [2.75, 3.05) is 0 Å². The largest absolute Gasteiger partial charge is 0.214 e. The quantitative estimate of drug-likeness (QED) is 0.154. The summed E-state index contributed by atoms with van der Waals surface area (Å²) in [5.41, 5.74) is 10.6. The molecule has 0 N–H and O–H groups in total. The summed E-state index contributed by atoms with van der Waals surface area (Å²) in [6, 6.07) is 68.5. The molecule has 0 fully saturated rings. The van der Waals surface area contributed by atoms with Crippen LogP contribution in [0.25, 0.3) is 65.3 Å². The fourth-order valence-corrected chi connectivity index (χ4v) is 10.1. The van der Waals surface area contributed by atoms with Crippen LogP contribution in [-0.2, 0) is 35.1 Å². The van der Waals surface area contributed by atoms with Gasteiger partial charge >= 0.3 is 166 Å². The van der Waals surface area contributed by atoms with Gasteiger partial charge in [-0.3, -0.25) is 0 Å². The van der Waals surface area contributed by atoms with Gasteiger partial charge < -0.3 is 0 Å². The van der Waals surface area contributed by atoms with E-state index >= 15 is 0 Å². The standard InChI is InChI=1S/C33H33.C21H12Cl2.C5H5.Zr/c1-32(2,3)30-20-26-24(18-28(30)22-13-9-7-10-14-22)17-25-19-29(23-15-11-8-12-16-23)31(21-27(25)26)33(4,5)6;22-20-11-3-7-16-14(5-1-9-18(16)20)13-15-6-2-10-19-17(15)8-4-12-21(19)23;1-2-4-5-3-1;/h7-21H,1-6H3;1-12H;1-5H;/q-1;;-1;+2. The first-order valence-electron chi connectivity index (χ1n) is 21.2. The third kappa shape index (κ3) is 9.14. The van der Waals surface area contributed by atoms with E-state index < -0.39 is 0 Å². The molecular formula is C59H50Cl2Zr. The summed E-state index contributed by atoms with van der Waals surface area (Å²) in [7, 11) is 0. The second-order valence-corrected chi connectivity index (χ2v) is 20.0. The van der Waals surface area contributed by atoms with Crippen molar-refractivity contribution in [1.82, 2.24) is 0 Å². The van der Waals surface area contributed by atoms with Crippen LogP contribution in [0.1, 0.15) is 63.8 Å². The van der Waals surface area contributed by atoms with Crippen molar-refractivity contribution >= 4 is 69.5 Å². The van der Waals surface area contributed by atoms with Gasteiger partial charge in [0.15, 0.2) is 0 Å². The predicted molar refractivity (Wildman–Crippen MR) is 268 cm³/mol. The topological polar surface area (TPSA) is 0 Å². The first-order valence-corrected chi connectivity index (χ1v) is 23.2. The number of hydrogen-bond donors (Lipinski definition) is 0. The molecule has 0 saturated carbocycles. The predicted octanol–water partition coefficient (Wildman–Crippen LogP) is 17.5. The van der Waals surface area contributed by atoms with Crippen LogP contribution in [0.4, 0.5) is 0 Å². The third-order valence-electron chi connectivity index (χ3n) is 11.6. The summed E-state index contributed by atoms with van der Waals surface area (Å²) in [4.78, 5) is 0. The molecule has 10 aromatic rings. The van der Waals surface area contributed by atoms with Gasteiger partial charge in [0.1, 0.15) is 0 Å². The smallest absolute Gasteiger partial charge is 0.172 e. The van der Waals surface area contributed by atoms with Gasteiger partial charge in [-0.1, -0.05) is 114 Å². The minimum absolute atomic E-state index is 0.0554. The summed E-state index contributed by atoms with van der Waals surface area (Å²) in [5, 5.41) is 11.5. The number of hydrogen-bond acceptors (Lipinski definition) is 0. The summed E-state index contributed by atoms with van der Waals surface area (Å²) in [6.07, 6.45) is 0. The van der Waals surface area contributed by atoms with Crippen LogP contribution in [0.5, 0.6) is 0 Å². The van der Waals surface area contributed by atoms with Crippen molar-refractivity contribution < 1.29 is 24.2 Å². The molecule has 0 aliphatic rings. The average molecular weight is 921 g/mol. The Morgan fingerprint density at radius 3 is 1.18 bits per heavy atom. The van der Waals surface area contributed by atoms with E-state index in [9.17, 15) is 0 Å². The Hall–Kier alpha value is -5.17. The molecule has 304 valence electrons. The van der Waals surface area contributed by atoms with Crippen molar-refractivity contribution in [3.63, 3.8) is 0 Å². The van der Waals surface area contributed by atoms with E-state index in [0.29, 0.717) is 0 Å². The third-order valence-corrected chi connectivity index (χ3v) is 13.6. The normalized spacial score (nSPS) is 11.6. The first-order chi connectivity index (χ1) is 29.8. The number of benzene rings is 8. The zero-order chi connectivity index (χ0) is 43.6. The van der Waals surface area contributed by atoms with Crippen LogP contribution in [-0.4, -0.2) is 3.21 Å². The maximum Gasteiger partial charge on any atom is -0.172 e. The van der Waals surface area contributed by atoms with Gasteiger partial charge in [0.2, 0.25) is 0 Å². The maximum absolute atomic E-state index is 6.38. The number of rotatable bonds is 4. The Balaban J connectivity index is 0.000000159. The zero-order valence-corrected chi connectivity index (χ0v) is 40.2. The van der Waals surface area contributed by atoms with Gasteiger partial charge in [0.25, 0.3) is 0 Å². The molecule has 0 aromatic heterocycles. The molecule has 0 spiro atoms. The van der Waals surface area contributed by atoms with Gasteiger partial charge in [0, 0.05) is 0 Å². The summed E-state index contributed by atoms with van der Waals surface area (Å²) in [5.74, 6) is 0. The Morgan fingerprint density at radius 1 is 0.419 bits per heavy atom.